The molecule has 0 saturated heterocycles. The Morgan fingerprint density at radius 3 is 2.70 bits per heavy atom. The van der Waals surface area contributed by atoms with Crippen molar-refractivity contribution in [1.29, 1.82) is 0 Å². The molecule has 27 heavy (non-hydrogen) atoms. The normalized spacial score (nSPS) is 17.0. The Morgan fingerprint density at radius 1 is 1.22 bits per heavy atom. The van der Waals surface area contributed by atoms with Gasteiger partial charge in [0.25, 0.3) is 5.91 Å². The van der Waals surface area contributed by atoms with Gasteiger partial charge in [-0.2, -0.15) is 0 Å². The molecular weight excluding hydrogens is 376 g/mol. The first-order valence-electron chi connectivity index (χ1n) is 8.60. The van der Waals surface area contributed by atoms with Crippen LogP contribution in [0.3, 0.4) is 0 Å². The van der Waals surface area contributed by atoms with E-state index in [0.717, 1.165) is 24.8 Å². The molecule has 0 bridgehead atoms. The minimum Gasteiger partial charge on any atom is -0.449 e. The molecule has 0 aliphatic heterocycles. The molecule has 4 nitrogen and oxygen atoms in total. The molecule has 0 aromatic heterocycles. The van der Waals surface area contributed by atoms with E-state index in [1.54, 1.807) is 0 Å². The van der Waals surface area contributed by atoms with Gasteiger partial charge in [0, 0.05) is 0 Å². The predicted octanol–water partition coefficient (Wildman–Crippen LogP) is 4.36. The van der Waals surface area contributed by atoms with Gasteiger partial charge in [0.1, 0.15) is 0 Å². The van der Waals surface area contributed by atoms with Gasteiger partial charge in [0.15, 0.2) is 17.7 Å². The lowest BCUT2D eigenvalue weighted by atomic mass is 9.87. The molecule has 0 unspecified atom stereocenters. The molecular formula is C20H18ClF2NO3. The van der Waals surface area contributed by atoms with Crippen LogP contribution in [0, 0.1) is 11.6 Å². The Balaban J connectivity index is 1.67. The molecule has 2 aromatic carbocycles. The fraction of sp³-hybridized carbons (Fsp3) is 0.300. The monoisotopic (exact) mass is 393 g/mol. The number of fused-ring (bicyclic) bond motifs is 1. The van der Waals surface area contributed by atoms with Crippen LogP contribution in [0.1, 0.15) is 47.3 Å². The number of benzene rings is 2. The molecule has 2 aromatic rings. The van der Waals surface area contributed by atoms with E-state index in [0.29, 0.717) is 12.1 Å². The Hall–Kier alpha value is -2.47. The lowest BCUT2D eigenvalue weighted by Crippen LogP contribution is -2.39. The van der Waals surface area contributed by atoms with Crippen molar-refractivity contribution < 1.29 is 23.1 Å². The number of carbonyl (C=O) groups excluding carboxylic acids is 2. The molecule has 1 amide bonds. The van der Waals surface area contributed by atoms with Crippen molar-refractivity contribution in [3.8, 4) is 0 Å². The lowest BCUT2D eigenvalue weighted by Gasteiger charge is -2.27. The topological polar surface area (TPSA) is 55.4 Å². The number of esters is 1. The van der Waals surface area contributed by atoms with Crippen molar-refractivity contribution in [1.82, 2.24) is 5.32 Å². The van der Waals surface area contributed by atoms with Gasteiger partial charge in [0.2, 0.25) is 0 Å². The Bertz CT molecular complexity index is 888. The van der Waals surface area contributed by atoms with E-state index in [1.807, 2.05) is 24.3 Å². The quantitative estimate of drug-likeness (QED) is 0.620. The number of aryl methyl sites for hydroxylation is 1. The summed E-state index contributed by atoms with van der Waals surface area (Å²) in [4.78, 5) is 24.6. The van der Waals surface area contributed by atoms with Crippen molar-refractivity contribution in [2.45, 2.75) is 38.3 Å². The summed E-state index contributed by atoms with van der Waals surface area (Å²) in [7, 11) is 0. The van der Waals surface area contributed by atoms with E-state index in [4.69, 9.17) is 16.3 Å². The van der Waals surface area contributed by atoms with E-state index in [2.05, 4.69) is 5.32 Å². The molecule has 7 heteroatoms. The second-order valence-corrected chi connectivity index (χ2v) is 6.85. The SMILES string of the molecule is C[C@@H](OC(=O)c1cc(F)c(F)cc1Cl)C(=O)N[C@@H]1CCCc2ccccc21. The molecule has 0 heterocycles. The maximum Gasteiger partial charge on any atom is 0.340 e. The van der Waals surface area contributed by atoms with Gasteiger partial charge in [-0.05, 0) is 49.4 Å². The van der Waals surface area contributed by atoms with Crippen LogP contribution >= 0.6 is 11.6 Å². The van der Waals surface area contributed by atoms with E-state index < -0.39 is 29.6 Å². The number of ether oxygens (including phenoxy) is 1. The average molecular weight is 394 g/mol. The number of carbonyl (C=O) groups is 2. The summed E-state index contributed by atoms with van der Waals surface area (Å²) in [6.07, 6.45) is 1.58. The van der Waals surface area contributed by atoms with Crippen molar-refractivity contribution in [2.24, 2.45) is 0 Å². The smallest absolute Gasteiger partial charge is 0.340 e. The van der Waals surface area contributed by atoms with E-state index in [-0.39, 0.29) is 16.6 Å². The summed E-state index contributed by atoms with van der Waals surface area (Å²) < 4.78 is 31.5. The van der Waals surface area contributed by atoms with E-state index >= 15 is 0 Å². The van der Waals surface area contributed by atoms with Crippen molar-refractivity contribution >= 4 is 23.5 Å². The first-order chi connectivity index (χ1) is 12.9. The van der Waals surface area contributed by atoms with Crippen molar-refractivity contribution in [3.05, 3.63) is 69.7 Å². The molecule has 142 valence electrons. The van der Waals surface area contributed by atoms with Gasteiger partial charge >= 0.3 is 5.97 Å². The largest absolute Gasteiger partial charge is 0.449 e. The third-order valence-corrected chi connectivity index (χ3v) is 4.88. The number of hydrogen-bond acceptors (Lipinski definition) is 3. The summed E-state index contributed by atoms with van der Waals surface area (Å²) in [5.41, 5.74) is 1.91. The highest BCUT2D eigenvalue weighted by Gasteiger charge is 2.26. The zero-order chi connectivity index (χ0) is 19.6. The first kappa shape index (κ1) is 19.3. The minimum absolute atomic E-state index is 0.157. The molecule has 0 spiro atoms. The van der Waals surface area contributed by atoms with Crippen LogP contribution in [-0.4, -0.2) is 18.0 Å². The van der Waals surface area contributed by atoms with Gasteiger partial charge in [-0.1, -0.05) is 35.9 Å². The predicted molar refractivity (Wildman–Crippen MR) is 96.5 cm³/mol. The van der Waals surface area contributed by atoms with E-state index in [9.17, 15) is 18.4 Å². The van der Waals surface area contributed by atoms with Crippen LogP contribution in [0.5, 0.6) is 0 Å². The third-order valence-electron chi connectivity index (χ3n) is 4.57. The minimum atomic E-state index is -1.22. The van der Waals surface area contributed by atoms with Crippen LogP contribution in [0.4, 0.5) is 8.78 Å². The molecule has 0 fully saturated rings. The van der Waals surface area contributed by atoms with Crippen LogP contribution in [0.25, 0.3) is 0 Å². The standard InChI is InChI=1S/C20H18ClF2NO3/c1-11(27-20(26)14-9-16(22)17(23)10-15(14)21)19(25)24-18-8-4-6-12-5-2-3-7-13(12)18/h2-3,5,7,9-11,18H,4,6,8H2,1H3,(H,24,25)/t11-,18-/m1/s1. The lowest BCUT2D eigenvalue weighted by molar-refractivity contribution is -0.130. The fourth-order valence-corrected chi connectivity index (χ4v) is 3.38. The Labute approximate surface area is 160 Å². The number of amides is 1. The molecule has 0 saturated carbocycles. The molecule has 1 N–H and O–H groups in total. The van der Waals surface area contributed by atoms with Crippen LogP contribution in [0.15, 0.2) is 36.4 Å². The van der Waals surface area contributed by atoms with Gasteiger partial charge in [0.05, 0.1) is 16.6 Å². The first-order valence-corrected chi connectivity index (χ1v) is 8.98. The number of hydrogen-bond donors (Lipinski definition) is 1. The second-order valence-electron chi connectivity index (χ2n) is 6.45. The van der Waals surface area contributed by atoms with E-state index in [1.165, 1.54) is 12.5 Å². The van der Waals surface area contributed by atoms with Gasteiger partial charge in [-0.15, -0.1) is 0 Å². The summed E-state index contributed by atoms with van der Waals surface area (Å²) in [5, 5.41) is 2.60. The second kappa shape index (κ2) is 8.05. The third kappa shape index (κ3) is 4.27. The maximum absolute atomic E-state index is 13.3. The molecule has 1 aliphatic carbocycles. The average Bonchev–Trinajstić information content (AvgIpc) is 2.64. The Morgan fingerprint density at radius 2 is 1.93 bits per heavy atom. The van der Waals surface area contributed by atoms with Crippen LogP contribution in [-0.2, 0) is 16.0 Å². The molecule has 3 rings (SSSR count). The van der Waals surface area contributed by atoms with Gasteiger partial charge < -0.3 is 10.1 Å². The molecule has 2 atom stereocenters. The summed E-state index contributed by atoms with van der Waals surface area (Å²) in [5.74, 6) is -3.85. The van der Waals surface area contributed by atoms with Crippen LogP contribution in [0.2, 0.25) is 5.02 Å². The highest BCUT2D eigenvalue weighted by atomic mass is 35.5. The summed E-state index contributed by atoms with van der Waals surface area (Å²) in [6, 6.07) is 9.06. The number of rotatable bonds is 4. The summed E-state index contributed by atoms with van der Waals surface area (Å²) >= 11 is 5.76. The number of halogens is 3. The number of nitrogens with one attached hydrogen (secondary N) is 1. The van der Waals surface area contributed by atoms with Gasteiger partial charge in [-0.3, -0.25) is 4.79 Å². The highest BCUT2D eigenvalue weighted by molar-refractivity contribution is 6.33. The highest BCUT2D eigenvalue weighted by Crippen LogP contribution is 2.29. The molecule has 0 radical (unpaired) electrons. The maximum atomic E-state index is 13.3. The van der Waals surface area contributed by atoms with Gasteiger partial charge in [-0.25, -0.2) is 13.6 Å². The Kier molecular flexibility index (Phi) is 5.75. The fourth-order valence-electron chi connectivity index (χ4n) is 3.15. The summed E-state index contributed by atoms with van der Waals surface area (Å²) in [6.45, 7) is 1.41. The van der Waals surface area contributed by atoms with Crippen LogP contribution < -0.4 is 5.32 Å². The van der Waals surface area contributed by atoms with Crippen molar-refractivity contribution in [3.63, 3.8) is 0 Å². The molecule has 1 aliphatic rings. The zero-order valence-electron chi connectivity index (χ0n) is 14.6. The zero-order valence-corrected chi connectivity index (χ0v) is 15.4. The van der Waals surface area contributed by atoms with Crippen molar-refractivity contribution in [2.75, 3.05) is 0 Å².